The maximum atomic E-state index is 14.6. The number of carbonyl (C=O) groups is 1. The Morgan fingerprint density at radius 1 is 1.09 bits per heavy atom. The summed E-state index contributed by atoms with van der Waals surface area (Å²) in [5, 5.41) is 11.1. The number of amides is 1. The molecule has 166 valence electrons. The summed E-state index contributed by atoms with van der Waals surface area (Å²) in [5.74, 6) is 0.475. The molecule has 0 saturated heterocycles. The minimum absolute atomic E-state index is 0.0341. The van der Waals surface area contributed by atoms with E-state index >= 15 is 0 Å². The number of alkyl halides is 2. The van der Waals surface area contributed by atoms with Crippen LogP contribution in [0.5, 0.6) is 5.75 Å². The lowest BCUT2D eigenvalue weighted by Gasteiger charge is -2.10. The first kappa shape index (κ1) is 21.6. The van der Waals surface area contributed by atoms with Gasteiger partial charge in [0.15, 0.2) is 5.82 Å². The van der Waals surface area contributed by atoms with Crippen LogP contribution in [-0.2, 0) is 17.8 Å². The van der Waals surface area contributed by atoms with Gasteiger partial charge in [0.1, 0.15) is 17.4 Å². The summed E-state index contributed by atoms with van der Waals surface area (Å²) in [7, 11) is 0. The van der Waals surface area contributed by atoms with Crippen LogP contribution < -0.4 is 10.1 Å². The van der Waals surface area contributed by atoms with Gasteiger partial charge in [0, 0.05) is 24.7 Å². The molecule has 0 atom stereocenters. The average Bonchev–Trinajstić information content (AvgIpc) is 3.02. The highest BCUT2D eigenvalue weighted by atomic mass is 19.3. The second-order valence-electron chi connectivity index (χ2n) is 7.37. The molecule has 6 nitrogen and oxygen atoms in total. The molecule has 0 unspecified atom stereocenters. The summed E-state index contributed by atoms with van der Waals surface area (Å²) in [6.07, 6.45) is 6.75. The fraction of sp³-hybridized carbons (Fsp3) is 0.261. The van der Waals surface area contributed by atoms with Crippen molar-refractivity contribution in [2.45, 2.75) is 38.8 Å². The number of benzene rings is 2. The van der Waals surface area contributed by atoms with Crippen LogP contribution in [0, 0.1) is 5.82 Å². The number of ether oxygens (including phenoxy) is 1. The minimum Gasteiger partial charge on any atom is -0.435 e. The number of fused-ring (bicyclic) bond motifs is 1. The fourth-order valence-corrected chi connectivity index (χ4v) is 3.57. The Labute approximate surface area is 182 Å². The number of aryl methyl sites for hydroxylation is 1. The van der Waals surface area contributed by atoms with E-state index in [4.69, 9.17) is 0 Å². The van der Waals surface area contributed by atoms with Crippen molar-refractivity contribution in [3.63, 3.8) is 0 Å². The number of hydrogen-bond donors (Lipinski definition) is 1. The van der Waals surface area contributed by atoms with Crippen molar-refractivity contribution in [2.24, 2.45) is 0 Å². The third-order valence-corrected chi connectivity index (χ3v) is 5.12. The molecule has 0 radical (unpaired) electrons. The second-order valence-corrected chi connectivity index (χ2v) is 7.37. The summed E-state index contributed by atoms with van der Waals surface area (Å²) in [5.41, 5.74) is 1.33. The summed E-state index contributed by atoms with van der Waals surface area (Å²) in [4.78, 5) is 12.3. The van der Waals surface area contributed by atoms with E-state index in [0.717, 1.165) is 38.1 Å². The third-order valence-electron chi connectivity index (χ3n) is 5.12. The van der Waals surface area contributed by atoms with Gasteiger partial charge in [0.25, 0.3) is 0 Å². The first-order valence-corrected chi connectivity index (χ1v) is 10.3. The van der Waals surface area contributed by atoms with Gasteiger partial charge < -0.3 is 14.6 Å². The topological polar surface area (TPSA) is 69.0 Å². The highest BCUT2D eigenvalue weighted by Crippen LogP contribution is 2.27. The van der Waals surface area contributed by atoms with Crippen molar-refractivity contribution < 1.29 is 22.7 Å². The van der Waals surface area contributed by atoms with Crippen LogP contribution in [0.15, 0.2) is 48.5 Å². The molecule has 0 aliphatic carbocycles. The predicted octanol–water partition coefficient (Wildman–Crippen LogP) is 5.06. The molecule has 0 spiro atoms. The summed E-state index contributed by atoms with van der Waals surface area (Å²) in [6.45, 7) is -2.16. The van der Waals surface area contributed by atoms with Crippen molar-refractivity contribution in [1.82, 2.24) is 14.8 Å². The van der Waals surface area contributed by atoms with Crippen molar-refractivity contribution in [2.75, 3.05) is 5.32 Å². The lowest BCUT2D eigenvalue weighted by molar-refractivity contribution is -0.111. The zero-order chi connectivity index (χ0) is 22.5. The number of nitrogens with one attached hydrogen (secondary N) is 1. The normalized spacial score (nSPS) is 13.8. The molecular weight excluding hydrogens is 421 g/mol. The van der Waals surface area contributed by atoms with Crippen LogP contribution in [0.25, 0.3) is 17.5 Å². The smallest absolute Gasteiger partial charge is 0.387 e. The molecule has 0 fully saturated rings. The quantitative estimate of drug-likeness (QED) is 0.542. The molecule has 0 saturated carbocycles. The van der Waals surface area contributed by atoms with Gasteiger partial charge in [-0.3, -0.25) is 4.79 Å². The number of rotatable bonds is 6. The molecule has 1 amide bonds. The van der Waals surface area contributed by atoms with E-state index < -0.39 is 18.3 Å². The number of carbonyl (C=O) groups excluding carboxylic acids is 1. The summed E-state index contributed by atoms with van der Waals surface area (Å²) >= 11 is 0. The Morgan fingerprint density at radius 3 is 2.69 bits per heavy atom. The molecule has 32 heavy (non-hydrogen) atoms. The molecule has 1 aliphatic heterocycles. The van der Waals surface area contributed by atoms with Gasteiger partial charge in [0.05, 0.1) is 5.56 Å². The van der Waals surface area contributed by atoms with Gasteiger partial charge in [-0.2, -0.15) is 8.78 Å². The van der Waals surface area contributed by atoms with Crippen molar-refractivity contribution >= 4 is 17.7 Å². The zero-order valence-electron chi connectivity index (χ0n) is 17.1. The van der Waals surface area contributed by atoms with Crippen LogP contribution in [0.1, 0.15) is 30.7 Å². The van der Waals surface area contributed by atoms with Crippen molar-refractivity contribution in [1.29, 1.82) is 0 Å². The van der Waals surface area contributed by atoms with Gasteiger partial charge in [-0.1, -0.05) is 18.6 Å². The Kier molecular flexibility index (Phi) is 6.53. The van der Waals surface area contributed by atoms with E-state index in [1.54, 1.807) is 18.2 Å². The van der Waals surface area contributed by atoms with Crippen LogP contribution in [0.2, 0.25) is 0 Å². The predicted molar refractivity (Wildman–Crippen MR) is 114 cm³/mol. The van der Waals surface area contributed by atoms with Crippen LogP contribution >= 0.6 is 0 Å². The summed E-state index contributed by atoms with van der Waals surface area (Å²) in [6, 6.07) is 10.2. The number of anilines is 1. The molecule has 4 rings (SSSR count). The Morgan fingerprint density at radius 2 is 1.91 bits per heavy atom. The van der Waals surface area contributed by atoms with E-state index in [1.807, 2.05) is 4.57 Å². The minimum atomic E-state index is -2.89. The van der Waals surface area contributed by atoms with Crippen LogP contribution in [0.3, 0.4) is 0 Å². The molecule has 1 aromatic heterocycles. The Bertz CT molecular complexity index is 1130. The number of halogens is 3. The van der Waals surface area contributed by atoms with Crippen LogP contribution in [0.4, 0.5) is 18.9 Å². The third kappa shape index (κ3) is 5.16. The molecule has 9 heteroatoms. The number of aromatic nitrogens is 3. The monoisotopic (exact) mass is 442 g/mol. The van der Waals surface area contributed by atoms with Gasteiger partial charge in [0.2, 0.25) is 5.91 Å². The van der Waals surface area contributed by atoms with E-state index in [9.17, 15) is 18.0 Å². The molecule has 1 aliphatic rings. The highest BCUT2D eigenvalue weighted by Gasteiger charge is 2.19. The van der Waals surface area contributed by atoms with Gasteiger partial charge in [-0.25, -0.2) is 4.39 Å². The SMILES string of the molecule is O=C(/C=C/c1ccc(OC(F)F)cc1)Nc1ccc(F)c(-c2nnc3n2CCCCC3)c1. The Hall–Kier alpha value is -3.62. The Balaban J connectivity index is 1.47. The number of hydrogen-bond acceptors (Lipinski definition) is 4. The lowest BCUT2D eigenvalue weighted by Crippen LogP contribution is -2.09. The van der Waals surface area contributed by atoms with Crippen LogP contribution in [-0.4, -0.2) is 27.3 Å². The average molecular weight is 442 g/mol. The van der Waals surface area contributed by atoms with E-state index in [1.165, 1.54) is 36.4 Å². The standard InChI is InChI=1S/C23H21F3N4O2/c24-19-11-8-16(14-18(19)22-29-28-20-4-2-1-3-13-30(20)22)27-21(31)12-7-15-5-9-17(10-6-15)32-23(25)26/h5-12,14,23H,1-4,13H2,(H,27,31)/b12-7+. The van der Waals surface area contributed by atoms with Gasteiger partial charge >= 0.3 is 6.61 Å². The molecular formula is C23H21F3N4O2. The fourth-order valence-electron chi connectivity index (χ4n) is 3.57. The van der Waals surface area contributed by atoms with E-state index in [-0.39, 0.29) is 11.3 Å². The highest BCUT2D eigenvalue weighted by molar-refractivity contribution is 6.02. The molecule has 3 aromatic rings. The largest absolute Gasteiger partial charge is 0.435 e. The lowest BCUT2D eigenvalue weighted by atomic mass is 10.1. The van der Waals surface area contributed by atoms with E-state index in [2.05, 4.69) is 20.3 Å². The first-order chi connectivity index (χ1) is 15.5. The molecule has 1 N–H and O–H groups in total. The number of nitrogens with zero attached hydrogens (tertiary/aromatic N) is 3. The first-order valence-electron chi connectivity index (χ1n) is 10.3. The molecule has 2 heterocycles. The van der Waals surface area contributed by atoms with E-state index in [0.29, 0.717) is 17.1 Å². The summed E-state index contributed by atoms with van der Waals surface area (Å²) < 4.78 is 45.2. The van der Waals surface area contributed by atoms with Gasteiger partial charge in [-0.15, -0.1) is 10.2 Å². The molecule has 2 aromatic carbocycles. The maximum Gasteiger partial charge on any atom is 0.387 e. The van der Waals surface area contributed by atoms with Crippen molar-refractivity contribution in [3.8, 4) is 17.1 Å². The maximum absolute atomic E-state index is 14.6. The molecule has 0 bridgehead atoms. The van der Waals surface area contributed by atoms with Gasteiger partial charge in [-0.05, 0) is 54.8 Å². The van der Waals surface area contributed by atoms with Crippen molar-refractivity contribution in [3.05, 3.63) is 65.7 Å². The second kappa shape index (κ2) is 9.67. The zero-order valence-corrected chi connectivity index (χ0v) is 17.1.